The average molecular weight is 238 g/mol. The van der Waals surface area contributed by atoms with Crippen LogP contribution in [-0.2, 0) is 9.36 Å². The fourth-order valence-corrected chi connectivity index (χ4v) is 1.63. The van der Waals surface area contributed by atoms with Crippen LogP contribution < -0.4 is 0 Å². The van der Waals surface area contributed by atoms with Crippen LogP contribution in [0, 0.1) is 5.41 Å². The van der Waals surface area contributed by atoms with E-state index in [2.05, 4.69) is 0 Å². The summed E-state index contributed by atoms with van der Waals surface area (Å²) in [6, 6.07) is 0. The van der Waals surface area contributed by atoms with Gasteiger partial charge in [0, 0.05) is 6.54 Å². The van der Waals surface area contributed by atoms with Crippen molar-refractivity contribution in [2.45, 2.75) is 13.3 Å². The topological polar surface area (TPSA) is 122 Å². The number of amidine groups is 1. The van der Waals surface area contributed by atoms with Crippen LogP contribution in [0.4, 0.5) is 0 Å². The Bertz CT molecular complexity index is 287. The van der Waals surface area contributed by atoms with Crippen LogP contribution in [0.5, 0.6) is 0 Å². The van der Waals surface area contributed by atoms with Crippen molar-refractivity contribution < 1.29 is 24.3 Å². The summed E-state index contributed by atoms with van der Waals surface area (Å²) in [5, 5.41) is 15.9. The second-order valence-corrected chi connectivity index (χ2v) is 4.73. The van der Waals surface area contributed by atoms with E-state index in [4.69, 9.17) is 20.3 Å². The van der Waals surface area contributed by atoms with E-state index in [-0.39, 0.29) is 5.84 Å². The molecular weight excluding hydrogens is 223 g/mol. The summed E-state index contributed by atoms with van der Waals surface area (Å²) in [5.41, 5.74) is 0. The Morgan fingerprint density at radius 3 is 2.33 bits per heavy atom. The largest absolute Gasteiger partial charge is 0.480 e. The van der Waals surface area contributed by atoms with Crippen molar-refractivity contribution in [3.05, 3.63) is 0 Å². The van der Waals surface area contributed by atoms with Gasteiger partial charge in [-0.05, 0) is 6.42 Å². The molecule has 0 aromatic heterocycles. The predicted octanol–water partition coefficient (Wildman–Crippen LogP) is -0.0620. The number of carbonyl (C=O) groups is 1. The van der Waals surface area contributed by atoms with Crippen LogP contribution in [-0.4, -0.2) is 50.8 Å². The van der Waals surface area contributed by atoms with Gasteiger partial charge in [-0.2, -0.15) is 0 Å². The molecule has 0 aliphatic heterocycles. The minimum Gasteiger partial charge on any atom is -0.480 e. The number of carboxylic acids is 1. The maximum absolute atomic E-state index is 10.6. The molecule has 8 heteroatoms. The molecule has 0 saturated carbocycles. The zero-order valence-corrected chi connectivity index (χ0v) is 9.28. The van der Waals surface area contributed by atoms with Crippen molar-refractivity contribution in [2.75, 3.05) is 19.3 Å². The van der Waals surface area contributed by atoms with E-state index in [9.17, 15) is 9.36 Å². The first-order valence-electron chi connectivity index (χ1n) is 4.35. The van der Waals surface area contributed by atoms with Crippen molar-refractivity contribution in [1.29, 1.82) is 5.41 Å². The Hall–Kier alpha value is -0.910. The highest BCUT2D eigenvalue weighted by Gasteiger charge is 2.21. The average Bonchev–Trinajstić information content (AvgIpc) is 1.99. The molecule has 0 fully saturated rings. The van der Waals surface area contributed by atoms with Gasteiger partial charge in [-0.25, -0.2) is 0 Å². The van der Waals surface area contributed by atoms with Crippen LogP contribution >= 0.6 is 7.60 Å². The van der Waals surface area contributed by atoms with Crippen molar-refractivity contribution in [3.8, 4) is 0 Å². The van der Waals surface area contributed by atoms with E-state index in [1.807, 2.05) is 0 Å². The minimum absolute atomic E-state index is 0.297. The van der Waals surface area contributed by atoms with Gasteiger partial charge in [-0.15, -0.1) is 0 Å². The van der Waals surface area contributed by atoms with Crippen LogP contribution in [0.25, 0.3) is 0 Å². The van der Waals surface area contributed by atoms with Crippen molar-refractivity contribution in [2.24, 2.45) is 0 Å². The molecule has 0 rings (SSSR count). The lowest BCUT2D eigenvalue weighted by Gasteiger charge is -2.22. The maximum atomic E-state index is 10.6. The van der Waals surface area contributed by atoms with Crippen LogP contribution in [0.3, 0.4) is 0 Å². The normalized spacial score (nSPS) is 11.1. The lowest BCUT2D eigenvalue weighted by atomic mass is 10.4. The van der Waals surface area contributed by atoms with Gasteiger partial charge >= 0.3 is 13.6 Å². The fourth-order valence-electron chi connectivity index (χ4n) is 1.04. The molecule has 0 bridgehead atoms. The zero-order chi connectivity index (χ0) is 12.1. The van der Waals surface area contributed by atoms with Gasteiger partial charge in [0.25, 0.3) is 0 Å². The van der Waals surface area contributed by atoms with E-state index >= 15 is 0 Å². The first-order chi connectivity index (χ1) is 6.76. The summed E-state index contributed by atoms with van der Waals surface area (Å²) in [6.45, 7) is 1.68. The highest BCUT2D eigenvalue weighted by Crippen LogP contribution is 2.34. The number of nitrogens with one attached hydrogen (secondary N) is 1. The first kappa shape index (κ1) is 14.1. The molecule has 0 unspecified atom stereocenters. The molecule has 0 heterocycles. The molecule has 0 aliphatic carbocycles. The van der Waals surface area contributed by atoms with Gasteiger partial charge in [0.1, 0.15) is 18.5 Å². The second-order valence-electron chi connectivity index (χ2n) is 3.08. The van der Waals surface area contributed by atoms with E-state index in [1.54, 1.807) is 6.92 Å². The number of rotatable bonds is 6. The molecule has 0 atom stereocenters. The van der Waals surface area contributed by atoms with Gasteiger partial charge < -0.3 is 19.8 Å². The molecule has 0 aromatic carbocycles. The third kappa shape index (κ3) is 7.07. The summed E-state index contributed by atoms with van der Waals surface area (Å²) < 4.78 is 10.6. The van der Waals surface area contributed by atoms with Crippen molar-refractivity contribution >= 4 is 19.4 Å². The van der Waals surface area contributed by atoms with E-state index in [0.717, 1.165) is 4.90 Å². The number of carboxylic acid groups (broad SMARTS) is 1. The standard InChI is InChI=1S/C7H15N2O5P/c1-2-3-9(4-7(10)11)6(8)5-15(12,13)14/h8H,2-5H2,1H3,(H,10,11)(H2,12,13,14). The van der Waals surface area contributed by atoms with E-state index < -0.39 is 26.3 Å². The molecule has 4 N–H and O–H groups in total. The second kappa shape index (κ2) is 5.85. The molecule has 7 nitrogen and oxygen atoms in total. The zero-order valence-electron chi connectivity index (χ0n) is 8.38. The molecule has 0 aromatic rings. The van der Waals surface area contributed by atoms with Gasteiger partial charge in [0.15, 0.2) is 0 Å². The smallest absolute Gasteiger partial charge is 0.333 e. The molecule has 0 saturated heterocycles. The van der Waals surface area contributed by atoms with Gasteiger partial charge in [0.05, 0.1) is 0 Å². The van der Waals surface area contributed by atoms with E-state index in [0.29, 0.717) is 13.0 Å². The van der Waals surface area contributed by atoms with Gasteiger partial charge in [-0.3, -0.25) is 14.8 Å². The minimum atomic E-state index is -4.30. The van der Waals surface area contributed by atoms with Gasteiger partial charge in [-0.1, -0.05) is 6.92 Å². The third-order valence-corrected chi connectivity index (χ3v) is 2.27. The Morgan fingerprint density at radius 2 is 2.00 bits per heavy atom. The van der Waals surface area contributed by atoms with Crippen LogP contribution in [0.2, 0.25) is 0 Å². The van der Waals surface area contributed by atoms with Crippen LogP contribution in [0.15, 0.2) is 0 Å². The quantitative estimate of drug-likeness (QED) is 0.292. The van der Waals surface area contributed by atoms with Crippen molar-refractivity contribution in [1.82, 2.24) is 4.90 Å². The molecule has 15 heavy (non-hydrogen) atoms. The molecule has 0 aliphatic rings. The summed E-state index contributed by atoms with van der Waals surface area (Å²) >= 11 is 0. The molecule has 0 radical (unpaired) electrons. The number of nitrogens with zero attached hydrogens (tertiary/aromatic N) is 1. The maximum Gasteiger partial charge on any atom is 0.333 e. The molecule has 0 spiro atoms. The number of hydrogen-bond donors (Lipinski definition) is 4. The number of hydrogen-bond acceptors (Lipinski definition) is 3. The Morgan fingerprint density at radius 1 is 1.47 bits per heavy atom. The Labute approximate surface area is 87.4 Å². The first-order valence-corrected chi connectivity index (χ1v) is 6.14. The third-order valence-electron chi connectivity index (χ3n) is 1.56. The summed E-state index contributed by atoms with van der Waals surface area (Å²) in [7, 11) is -4.30. The summed E-state index contributed by atoms with van der Waals surface area (Å²) in [6.07, 6.45) is -0.114. The fraction of sp³-hybridized carbons (Fsp3) is 0.714. The lowest BCUT2D eigenvalue weighted by Crippen LogP contribution is -2.37. The lowest BCUT2D eigenvalue weighted by molar-refractivity contribution is -0.137. The van der Waals surface area contributed by atoms with E-state index in [1.165, 1.54) is 0 Å². The van der Waals surface area contributed by atoms with Gasteiger partial charge in [0.2, 0.25) is 0 Å². The predicted molar refractivity (Wildman–Crippen MR) is 54.1 cm³/mol. The highest BCUT2D eigenvalue weighted by molar-refractivity contribution is 7.52. The number of aliphatic carboxylic acids is 1. The van der Waals surface area contributed by atoms with Crippen LogP contribution in [0.1, 0.15) is 13.3 Å². The summed E-state index contributed by atoms with van der Waals surface area (Å²) in [4.78, 5) is 28.8. The molecular formula is C7H15N2O5P. The SMILES string of the molecule is CCCN(CC(=O)O)C(=N)CP(=O)(O)O. The Balaban J connectivity index is 4.41. The van der Waals surface area contributed by atoms with Crippen molar-refractivity contribution in [3.63, 3.8) is 0 Å². The Kier molecular flexibility index (Phi) is 5.49. The highest BCUT2D eigenvalue weighted by atomic mass is 31.2. The molecule has 88 valence electrons. The molecule has 0 amide bonds. The summed E-state index contributed by atoms with van der Waals surface area (Å²) in [5.74, 6) is -1.47. The monoisotopic (exact) mass is 238 g/mol.